The molecule has 19 heavy (non-hydrogen) atoms. The van der Waals surface area contributed by atoms with Crippen LogP contribution in [0.4, 0.5) is 5.69 Å². The summed E-state index contributed by atoms with van der Waals surface area (Å²) >= 11 is 7.28. The molecule has 0 radical (unpaired) electrons. The SMILES string of the molecule is CCc1nc2c(NCc3cnc(Cl)s3)cccc2o1. The lowest BCUT2D eigenvalue weighted by atomic mass is 10.3. The molecule has 3 rings (SSSR count). The van der Waals surface area contributed by atoms with Gasteiger partial charge in [0.2, 0.25) is 0 Å². The van der Waals surface area contributed by atoms with E-state index in [0.29, 0.717) is 11.0 Å². The maximum absolute atomic E-state index is 5.81. The van der Waals surface area contributed by atoms with Crippen LogP contribution in [0, 0.1) is 0 Å². The number of halogens is 1. The van der Waals surface area contributed by atoms with Gasteiger partial charge < -0.3 is 9.73 Å². The molecule has 1 N–H and O–H groups in total. The van der Waals surface area contributed by atoms with Gasteiger partial charge in [0.1, 0.15) is 5.52 Å². The van der Waals surface area contributed by atoms with Crippen molar-refractivity contribution in [2.24, 2.45) is 0 Å². The third-order valence-electron chi connectivity index (χ3n) is 2.74. The number of anilines is 1. The Morgan fingerprint density at radius 3 is 3.05 bits per heavy atom. The van der Waals surface area contributed by atoms with Gasteiger partial charge in [-0.15, -0.1) is 11.3 Å². The van der Waals surface area contributed by atoms with Gasteiger partial charge in [0.05, 0.1) is 12.2 Å². The van der Waals surface area contributed by atoms with E-state index in [1.807, 2.05) is 25.1 Å². The van der Waals surface area contributed by atoms with Gasteiger partial charge in [0, 0.05) is 17.5 Å². The quantitative estimate of drug-likeness (QED) is 0.786. The van der Waals surface area contributed by atoms with E-state index in [1.165, 1.54) is 11.3 Å². The zero-order valence-corrected chi connectivity index (χ0v) is 11.9. The molecule has 0 bridgehead atoms. The van der Waals surface area contributed by atoms with Gasteiger partial charge in [-0.2, -0.15) is 0 Å². The summed E-state index contributed by atoms with van der Waals surface area (Å²) in [5.41, 5.74) is 2.64. The van der Waals surface area contributed by atoms with Gasteiger partial charge in [0.15, 0.2) is 15.9 Å². The fourth-order valence-corrected chi connectivity index (χ4v) is 2.75. The molecule has 98 valence electrons. The molecule has 0 unspecified atom stereocenters. The van der Waals surface area contributed by atoms with Crippen molar-refractivity contribution in [2.45, 2.75) is 19.9 Å². The third kappa shape index (κ3) is 2.57. The van der Waals surface area contributed by atoms with Gasteiger partial charge in [-0.1, -0.05) is 24.6 Å². The molecular formula is C13H12ClN3OS. The number of aryl methyl sites for hydroxylation is 1. The van der Waals surface area contributed by atoms with E-state index in [-0.39, 0.29) is 0 Å². The van der Waals surface area contributed by atoms with Crippen LogP contribution >= 0.6 is 22.9 Å². The van der Waals surface area contributed by atoms with Crippen LogP contribution in [-0.2, 0) is 13.0 Å². The molecule has 0 aliphatic rings. The van der Waals surface area contributed by atoms with Gasteiger partial charge in [-0.25, -0.2) is 9.97 Å². The Hall–Kier alpha value is -1.59. The number of nitrogens with zero attached hydrogens (tertiary/aromatic N) is 2. The van der Waals surface area contributed by atoms with Gasteiger partial charge in [0.25, 0.3) is 0 Å². The second-order valence-corrected chi connectivity index (χ2v) is 5.74. The highest BCUT2D eigenvalue weighted by molar-refractivity contribution is 7.15. The molecular weight excluding hydrogens is 282 g/mol. The minimum Gasteiger partial charge on any atom is -0.441 e. The van der Waals surface area contributed by atoms with Gasteiger partial charge in [-0.05, 0) is 12.1 Å². The van der Waals surface area contributed by atoms with Crippen molar-refractivity contribution >= 4 is 39.7 Å². The summed E-state index contributed by atoms with van der Waals surface area (Å²) in [7, 11) is 0. The van der Waals surface area contributed by atoms with E-state index in [4.69, 9.17) is 16.0 Å². The molecule has 1 aromatic carbocycles. The highest BCUT2D eigenvalue weighted by Crippen LogP contribution is 2.25. The minimum absolute atomic E-state index is 0.560. The van der Waals surface area contributed by atoms with Crippen molar-refractivity contribution in [1.82, 2.24) is 9.97 Å². The first-order valence-electron chi connectivity index (χ1n) is 5.98. The van der Waals surface area contributed by atoms with Crippen LogP contribution in [-0.4, -0.2) is 9.97 Å². The molecule has 3 aromatic rings. The second kappa shape index (κ2) is 5.19. The maximum Gasteiger partial charge on any atom is 0.195 e. The van der Waals surface area contributed by atoms with Gasteiger partial charge >= 0.3 is 0 Å². The monoisotopic (exact) mass is 293 g/mol. The summed E-state index contributed by atoms with van der Waals surface area (Å²) in [5, 5.41) is 3.34. The molecule has 0 spiro atoms. The molecule has 2 aromatic heterocycles. The van der Waals surface area contributed by atoms with E-state index < -0.39 is 0 Å². The van der Waals surface area contributed by atoms with Crippen molar-refractivity contribution in [3.8, 4) is 0 Å². The Balaban J connectivity index is 1.85. The Morgan fingerprint density at radius 2 is 2.32 bits per heavy atom. The average Bonchev–Trinajstić information content (AvgIpc) is 3.02. The molecule has 6 heteroatoms. The van der Waals surface area contributed by atoms with Crippen molar-refractivity contribution < 1.29 is 4.42 Å². The number of hydrogen-bond donors (Lipinski definition) is 1. The van der Waals surface area contributed by atoms with E-state index in [2.05, 4.69) is 15.3 Å². The Labute approximate surface area is 119 Å². The summed E-state index contributed by atoms with van der Waals surface area (Å²) in [6.45, 7) is 2.70. The van der Waals surface area contributed by atoms with E-state index in [9.17, 15) is 0 Å². The summed E-state index contributed by atoms with van der Waals surface area (Å²) in [6.07, 6.45) is 2.57. The molecule has 2 heterocycles. The highest BCUT2D eigenvalue weighted by atomic mass is 35.5. The first kappa shape index (κ1) is 12.4. The lowest BCUT2D eigenvalue weighted by molar-refractivity contribution is 0.538. The number of hydrogen-bond acceptors (Lipinski definition) is 5. The maximum atomic E-state index is 5.81. The number of aromatic nitrogens is 2. The summed E-state index contributed by atoms with van der Waals surface area (Å²) in [4.78, 5) is 9.58. The molecule has 0 fully saturated rings. The standard InChI is InChI=1S/C13H12ClN3OS/c1-2-11-17-12-9(4-3-5-10(12)18-11)15-6-8-7-16-13(14)19-8/h3-5,7,15H,2,6H2,1H3. The molecule has 0 saturated heterocycles. The molecule has 0 aliphatic carbocycles. The fourth-order valence-electron chi connectivity index (χ4n) is 1.84. The summed E-state index contributed by atoms with van der Waals surface area (Å²) in [5.74, 6) is 0.755. The van der Waals surface area contributed by atoms with Crippen LogP contribution in [0.1, 0.15) is 17.7 Å². The number of nitrogens with one attached hydrogen (secondary N) is 1. The number of rotatable bonds is 4. The second-order valence-electron chi connectivity index (χ2n) is 4.05. The zero-order chi connectivity index (χ0) is 13.2. The number of thiazole rings is 1. The number of benzene rings is 1. The third-order valence-corrected chi connectivity index (χ3v) is 3.86. The molecule has 0 amide bonds. The lowest BCUT2D eigenvalue weighted by Crippen LogP contribution is -1.98. The molecule has 0 atom stereocenters. The fraction of sp³-hybridized carbons (Fsp3) is 0.231. The normalized spacial score (nSPS) is 11.1. The molecule has 4 nitrogen and oxygen atoms in total. The van der Waals surface area contributed by atoms with Crippen LogP contribution in [0.2, 0.25) is 4.47 Å². The predicted octanol–water partition coefficient (Wildman–Crippen LogP) is 4.11. The van der Waals surface area contributed by atoms with Crippen LogP contribution in [0.5, 0.6) is 0 Å². The smallest absolute Gasteiger partial charge is 0.195 e. The topological polar surface area (TPSA) is 51.0 Å². The summed E-state index contributed by atoms with van der Waals surface area (Å²) < 4.78 is 6.19. The van der Waals surface area contributed by atoms with E-state index >= 15 is 0 Å². The largest absolute Gasteiger partial charge is 0.441 e. The van der Waals surface area contributed by atoms with Crippen LogP contribution in [0.15, 0.2) is 28.8 Å². The molecule has 0 saturated carbocycles. The Kier molecular flexibility index (Phi) is 3.40. The van der Waals surface area contributed by atoms with Crippen molar-refractivity contribution in [2.75, 3.05) is 5.32 Å². The van der Waals surface area contributed by atoms with Crippen molar-refractivity contribution in [3.63, 3.8) is 0 Å². The summed E-state index contributed by atoms with van der Waals surface area (Å²) in [6, 6.07) is 5.87. The first-order chi connectivity index (χ1) is 9.26. The van der Waals surface area contributed by atoms with Crippen molar-refractivity contribution in [3.05, 3.63) is 39.6 Å². The highest BCUT2D eigenvalue weighted by Gasteiger charge is 2.08. The Morgan fingerprint density at radius 1 is 1.42 bits per heavy atom. The van der Waals surface area contributed by atoms with Crippen molar-refractivity contribution in [1.29, 1.82) is 0 Å². The van der Waals surface area contributed by atoms with Crippen LogP contribution < -0.4 is 5.32 Å². The lowest BCUT2D eigenvalue weighted by Gasteiger charge is -2.04. The average molecular weight is 294 g/mol. The first-order valence-corrected chi connectivity index (χ1v) is 7.18. The molecule has 0 aliphatic heterocycles. The Bertz CT molecular complexity index is 707. The van der Waals surface area contributed by atoms with E-state index in [0.717, 1.165) is 34.0 Å². The van der Waals surface area contributed by atoms with Gasteiger partial charge in [-0.3, -0.25) is 0 Å². The predicted molar refractivity (Wildman–Crippen MR) is 77.8 cm³/mol. The number of oxazole rings is 1. The number of fused-ring (bicyclic) bond motifs is 1. The number of para-hydroxylation sites is 1. The zero-order valence-electron chi connectivity index (χ0n) is 10.3. The van der Waals surface area contributed by atoms with Crippen LogP contribution in [0.25, 0.3) is 11.1 Å². The van der Waals surface area contributed by atoms with Crippen LogP contribution in [0.3, 0.4) is 0 Å². The minimum atomic E-state index is 0.560. The van der Waals surface area contributed by atoms with E-state index in [1.54, 1.807) is 6.20 Å².